The van der Waals surface area contributed by atoms with Crippen LogP contribution in [0.3, 0.4) is 0 Å². The van der Waals surface area contributed by atoms with Crippen LogP contribution in [0.1, 0.15) is 122 Å². The van der Waals surface area contributed by atoms with E-state index in [0.29, 0.717) is 42.0 Å². The Kier molecular flexibility index (Phi) is 14.9. The number of nitrogens with zero attached hydrogens (tertiary/aromatic N) is 4. The fraction of sp³-hybridized carbons (Fsp3) is 0.500. The monoisotopic (exact) mass is 793 g/mol. The van der Waals surface area contributed by atoms with E-state index in [1.807, 2.05) is 40.3 Å². The Morgan fingerprint density at radius 3 is 2.05 bits per heavy atom. The first-order valence-corrected chi connectivity index (χ1v) is 20.8. The Hall–Kier alpha value is -5.07. The van der Waals surface area contributed by atoms with Gasteiger partial charge in [-0.15, -0.1) is 0 Å². The van der Waals surface area contributed by atoms with E-state index in [1.54, 1.807) is 6.92 Å². The number of carbonyl (C=O) groups is 3. The summed E-state index contributed by atoms with van der Waals surface area (Å²) in [6.07, 6.45) is 6.84. The maximum absolute atomic E-state index is 13.9. The predicted molar refractivity (Wildman–Crippen MR) is 236 cm³/mol. The summed E-state index contributed by atoms with van der Waals surface area (Å²) in [5.74, 6) is -1.83. The second kappa shape index (κ2) is 19.6. The molecule has 58 heavy (non-hydrogen) atoms. The number of rotatable bonds is 18. The second-order valence-electron chi connectivity index (χ2n) is 16.4. The van der Waals surface area contributed by atoms with Crippen LogP contribution in [-0.2, 0) is 27.2 Å². The summed E-state index contributed by atoms with van der Waals surface area (Å²) in [7, 11) is 8.13. The minimum absolute atomic E-state index is 0.0437. The first-order chi connectivity index (χ1) is 27.6. The molecule has 0 radical (unpaired) electrons. The third-order valence-electron chi connectivity index (χ3n) is 11.7. The molecule has 0 saturated heterocycles. The van der Waals surface area contributed by atoms with E-state index in [0.717, 1.165) is 95.2 Å². The molecule has 12 nitrogen and oxygen atoms in total. The number of allylic oxidation sites excluding steroid dienone is 1. The van der Waals surface area contributed by atoms with Gasteiger partial charge in [-0.3, -0.25) is 14.6 Å². The molecule has 3 aromatic heterocycles. The Morgan fingerprint density at radius 1 is 0.828 bits per heavy atom. The molecule has 0 saturated carbocycles. The van der Waals surface area contributed by atoms with E-state index < -0.39 is 5.97 Å². The van der Waals surface area contributed by atoms with Gasteiger partial charge >= 0.3 is 5.97 Å². The van der Waals surface area contributed by atoms with Gasteiger partial charge in [-0.2, -0.15) is 0 Å². The van der Waals surface area contributed by atoms with Crippen molar-refractivity contribution >= 4 is 57.1 Å². The van der Waals surface area contributed by atoms with Crippen molar-refractivity contribution < 1.29 is 19.5 Å². The number of hydrogen-bond acceptors (Lipinski definition) is 7. The maximum atomic E-state index is 13.9. The Balaban J connectivity index is 1.75. The number of H-pyrrole nitrogens is 2. The van der Waals surface area contributed by atoms with Crippen LogP contribution < -0.4 is 10.6 Å². The summed E-state index contributed by atoms with van der Waals surface area (Å²) < 4.78 is 0. The number of nitrogens with one attached hydrogen (secondary N) is 4. The van der Waals surface area contributed by atoms with Gasteiger partial charge in [0.05, 0.1) is 29.1 Å². The van der Waals surface area contributed by atoms with E-state index in [2.05, 4.69) is 76.8 Å². The van der Waals surface area contributed by atoms with Crippen LogP contribution in [0.2, 0.25) is 0 Å². The molecule has 2 amide bonds. The summed E-state index contributed by atoms with van der Waals surface area (Å²) in [5.41, 5.74) is 11.0. The van der Waals surface area contributed by atoms with Crippen molar-refractivity contribution in [3.8, 4) is 0 Å². The Morgan fingerprint density at radius 2 is 1.45 bits per heavy atom. The molecular weight excluding hydrogens is 729 g/mol. The topological polar surface area (TPSA) is 159 Å². The number of amides is 2. The Bertz CT molecular complexity index is 2230. The molecule has 2 aliphatic heterocycles. The van der Waals surface area contributed by atoms with Crippen molar-refractivity contribution in [2.24, 2.45) is 0 Å². The summed E-state index contributed by atoms with van der Waals surface area (Å²) in [6, 6.07) is 6.07. The minimum atomic E-state index is -1.12. The highest BCUT2D eigenvalue weighted by molar-refractivity contribution is 6.24. The quantitative estimate of drug-likeness (QED) is 0.0841. The zero-order valence-electron chi connectivity index (χ0n) is 36.1. The minimum Gasteiger partial charge on any atom is -0.478 e. The van der Waals surface area contributed by atoms with Gasteiger partial charge in [-0.1, -0.05) is 26.5 Å². The highest BCUT2D eigenvalue weighted by Gasteiger charge is 2.35. The molecule has 8 bridgehead atoms. The average Bonchev–Trinajstić information content (AvgIpc) is 3.85. The van der Waals surface area contributed by atoms with Gasteiger partial charge in [0.15, 0.2) is 0 Å². The smallest absolute Gasteiger partial charge is 0.338 e. The molecule has 5 rings (SSSR count). The van der Waals surface area contributed by atoms with Gasteiger partial charge in [-0.25, -0.2) is 9.78 Å². The lowest BCUT2D eigenvalue weighted by atomic mass is 9.84. The summed E-state index contributed by atoms with van der Waals surface area (Å²) in [6.45, 7) is 17.2. The fourth-order valence-corrected chi connectivity index (χ4v) is 8.26. The van der Waals surface area contributed by atoms with Gasteiger partial charge < -0.3 is 35.5 Å². The van der Waals surface area contributed by atoms with E-state index >= 15 is 0 Å². The normalized spacial score (nSPS) is 15.4. The summed E-state index contributed by atoms with van der Waals surface area (Å²) >= 11 is 0. The lowest BCUT2D eigenvalue weighted by Gasteiger charge is -2.19. The molecule has 5 N–H and O–H groups in total. The molecule has 0 spiro atoms. The first-order valence-electron chi connectivity index (χ1n) is 20.8. The van der Waals surface area contributed by atoms with Crippen LogP contribution in [0.5, 0.6) is 0 Å². The van der Waals surface area contributed by atoms with E-state index in [4.69, 9.17) is 9.97 Å². The number of aliphatic carboxylic acids is 1. The molecular formula is C46H64N8O4. The Labute approximate surface area is 343 Å². The molecule has 5 heterocycles. The fourth-order valence-electron chi connectivity index (χ4n) is 8.26. The van der Waals surface area contributed by atoms with Gasteiger partial charge in [-0.05, 0) is 141 Å². The van der Waals surface area contributed by atoms with Crippen LogP contribution in [0.4, 0.5) is 0 Å². The van der Waals surface area contributed by atoms with Gasteiger partial charge in [0.25, 0.3) is 0 Å². The van der Waals surface area contributed by atoms with Crippen molar-refractivity contribution in [1.29, 1.82) is 0 Å². The van der Waals surface area contributed by atoms with Crippen LogP contribution in [0.25, 0.3) is 39.3 Å². The van der Waals surface area contributed by atoms with Crippen molar-refractivity contribution in [3.63, 3.8) is 0 Å². The third kappa shape index (κ3) is 10.1. The van der Waals surface area contributed by atoms with E-state index in [-0.39, 0.29) is 47.8 Å². The third-order valence-corrected chi connectivity index (χ3v) is 11.7. The zero-order chi connectivity index (χ0) is 42.3. The highest BCUT2D eigenvalue weighted by atomic mass is 16.4. The predicted octanol–water partition coefficient (Wildman–Crippen LogP) is 7.28. The zero-order valence-corrected chi connectivity index (χ0v) is 36.1. The average molecular weight is 793 g/mol. The number of aromatic nitrogens is 4. The summed E-state index contributed by atoms with van der Waals surface area (Å²) in [5, 5.41) is 17.0. The highest BCUT2D eigenvalue weighted by Crippen LogP contribution is 2.43. The lowest BCUT2D eigenvalue weighted by Crippen LogP contribution is -2.28. The van der Waals surface area contributed by atoms with Gasteiger partial charge in [0, 0.05) is 70.2 Å². The van der Waals surface area contributed by atoms with Gasteiger partial charge in [0.2, 0.25) is 11.8 Å². The van der Waals surface area contributed by atoms with Crippen LogP contribution in [-0.4, -0.2) is 107 Å². The molecule has 0 aliphatic carbocycles. The largest absolute Gasteiger partial charge is 0.478 e. The molecule has 12 heteroatoms. The van der Waals surface area contributed by atoms with Crippen LogP contribution >= 0.6 is 0 Å². The SMILES string of the molecule is C=Cc1c(C)c2cc3nc(c(CC(=O)NCCCCN(C)C)c4nc(cc5[nH]c(cc1[nH]2)c(C)c5CC)C(C)=C4C(=O)O)[C@@H](CCC(=O)NCCCCN(C)C)[C@@H]3C. The van der Waals surface area contributed by atoms with Crippen molar-refractivity contribution in [2.75, 3.05) is 54.4 Å². The van der Waals surface area contributed by atoms with Crippen LogP contribution in [0.15, 0.2) is 24.8 Å². The number of aryl methyl sites for hydroxylation is 3. The van der Waals surface area contributed by atoms with E-state index in [9.17, 15) is 19.5 Å². The number of carboxylic acid groups (broad SMARTS) is 1. The van der Waals surface area contributed by atoms with Crippen molar-refractivity contribution in [2.45, 2.75) is 97.8 Å². The lowest BCUT2D eigenvalue weighted by molar-refractivity contribution is -0.130. The number of unbranched alkanes of at least 4 members (excludes halogenated alkanes) is 2. The number of hydrogen-bond donors (Lipinski definition) is 5. The first kappa shape index (κ1) is 44.0. The molecule has 312 valence electrons. The number of carbonyl (C=O) groups excluding carboxylic acids is 2. The molecule has 2 atom stereocenters. The van der Waals surface area contributed by atoms with Crippen molar-refractivity contribution in [1.82, 2.24) is 40.4 Å². The summed E-state index contributed by atoms with van der Waals surface area (Å²) in [4.78, 5) is 62.3. The molecule has 0 fully saturated rings. The van der Waals surface area contributed by atoms with Crippen LogP contribution in [0, 0.1) is 13.8 Å². The molecule has 0 aromatic carbocycles. The number of aromatic amines is 2. The number of fused-ring (bicyclic) bond motifs is 8. The molecule has 2 aliphatic rings. The van der Waals surface area contributed by atoms with Gasteiger partial charge in [0.1, 0.15) is 0 Å². The molecule has 0 unspecified atom stereocenters. The van der Waals surface area contributed by atoms with Crippen molar-refractivity contribution in [3.05, 3.63) is 75.4 Å². The second-order valence-corrected chi connectivity index (χ2v) is 16.4. The maximum Gasteiger partial charge on any atom is 0.338 e. The molecule has 3 aromatic rings. The van der Waals surface area contributed by atoms with E-state index in [1.165, 1.54) is 0 Å². The standard InChI is InChI=1S/C46H64N8O4/c1-11-31-27(3)35-24-37-29(5)33(17-18-41(55)47-19-13-15-21-53(7)8)44(51-37)34(23-42(56)48-20-14-16-22-54(9)10)45-43(46(57)58)30(6)38(52-45)26-40-32(12-2)28(4)36(50-40)25-39(31)49-35/h11,24-26,29,33,49-50H,1,12-23H2,2-10H3,(H,47,55)(H,48,56)(H,57,58)/t29-,33-/m0/s1. The number of carboxylic acids is 1.